The van der Waals surface area contributed by atoms with Gasteiger partial charge < -0.3 is 20.2 Å². The van der Waals surface area contributed by atoms with Crippen LogP contribution in [0.5, 0.6) is 0 Å². The fourth-order valence-corrected chi connectivity index (χ4v) is 3.15. The highest BCUT2D eigenvalue weighted by atomic mass is 35.5. The van der Waals surface area contributed by atoms with Crippen LogP contribution >= 0.6 is 12.4 Å². The number of rotatable bonds is 7. The molecule has 2 rings (SSSR count). The number of carbonyl (C=O) groups is 1. The summed E-state index contributed by atoms with van der Waals surface area (Å²) in [6, 6.07) is 9.83. The van der Waals surface area contributed by atoms with E-state index in [0.29, 0.717) is 19.0 Å². The minimum absolute atomic E-state index is 0. The number of aliphatic hydroxyl groups is 1. The van der Waals surface area contributed by atoms with Gasteiger partial charge in [-0.2, -0.15) is 0 Å². The highest BCUT2D eigenvalue weighted by Crippen LogP contribution is 2.21. The molecule has 0 radical (unpaired) electrons. The number of likely N-dealkylation sites (tertiary alicyclic amines) is 1. The Morgan fingerprint density at radius 3 is 2.54 bits per heavy atom. The molecule has 1 aromatic rings. The number of nitrogens with one attached hydrogen (secondary N) is 1. The molecule has 1 saturated heterocycles. The Balaban J connectivity index is 0.00000288. The second kappa shape index (κ2) is 10.7. The predicted octanol–water partition coefficient (Wildman–Crippen LogP) is 1.53. The fraction of sp³-hybridized carbons (Fsp3) is 0.611. The number of hydrogen-bond acceptors (Lipinski definition) is 4. The van der Waals surface area contributed by atoms with Gasteiger partial charge >= 0.3 is 0 Å². The maximum atomic E-state index is 11.8. The van der Waals surface area contributed by atoms with E-state index in [1.54, 1.807) is 7.05 Å². The Bertz CT molecular complexity index is 478. The topological polar surface area (TPSA) is 55.8 Å². The summed E-state index contributed by atoms with van der Waals surface area (Å²) >= 11 is 0. The van der Waals surface area contributed by atoms with E-state index in [2.05, 4.69) is 10.2 Å². The molecule has 1 aromatic carbocycles. The van der Waals surface area contributed by atoms with Crippen LogP contribution in [0.1, 0.15) is 24.5 Å². The van der Waals surface area contributed by atoms with Crippen molar-refractivity contribution in [1.29, 1.82) is 0 Å². The van der Waals surface area contributed by atoms with Gasteiger partial charge in [-0.15, -0.1) is 12.4 Å². The van der Waals surface area contributed by atoms with E-state index in [1.165, 1.54) is 0 Å². The first-order chi connectivity index (χ1) is 11.1. The normalized spacial score (nSPS) is 17.1. The molecule has 1 aliphatic rings. The zero-order valence-electron chi connectivity index (χ0n) is 14.6. The van der Waals surface area contributed by atoms with Crippen LogP contribution in [0.3, 0.4) is 0 Å². The van der Waals surface area contributed by atoms with E-state index < -0.39 is 6.10 Å². The largest absolute Gasteiger partial charge is 0.387 e. The van der Waals surface area contributed by atoms with Gasteiger partial charge in [-0.25, -0.2) is 0 Å². The number of amides is 1. The zero-order chi connectivity index (χ0) is 16.7. The first kappa shape index (κ1) is 20.9. The molecule has 136 valence electrons. The molecular weight excluding hydrogens is 326 g/mol. The summed E-state index contributed by atoms with van der Waals surface area (Å²) in [5.74, 6) is 0.709. The number of halogens is 1. The molecule has 1 atom stereocenters. The molecule has 5 nitrogen and oxygen atoms in total. The van der Waals surface area contributed by atoms with Gasteiger partial charge in [-0.1, -0.05) is 30.3 Å². The second-order valence-electron chi connectivity index (χ2n) is 6.48. The summed E-state index contributed by atoms with van der Waals surface area (Å²) in [4.78, 5) is 16.0. The lowest BCUT2D eigenvalue weighted by atomic mass is 9.95. The summed E-state index contributed by atoms with van der Waals surface area (Å²) in [7, 11) is 3.67. The number of carbonyl (C=O) groups excluding carboxylic acids is 1. The van der Waals surface area contributed by atoms with Crippen LogP contribution in [0, 0.1) is 5.92 Å². The molecule has 0 bridgehead atoms. The third-order valence-electron chi connectivity index (χ3n) is 4.61. The van der Waals surface area contributed by atoms with Crippen LogP contribution < -0.4 is 5.32 Å². The number of hydrogen-bond donors (Lipinski definition) is 2. The Labute approximate surface area is 151 Å². The van der Waals surface area contributed by atoms with Crippen LogP contribution in [0.25, 0.3) is 0 Å². The van der Waals surface area contributed by atoms with Crippen molar-refractivity contribution in [3.8, 4) is 0 Å². The maximum Gasteiger partial charge on any atom is 0.236 e. The van der Waals surface area contributed by atoms with Crippen molar-refractivity contribution >= 4 is 18.3 Å². The zero-order valence-corrected chi connectivity index (χ0v) is 15.5. The molecule has 0 aliphatic carbocycles. The summed E-state index contributed by atoms with van der Waals surface area (Å²) in [6.07, 6.45) is 1.74. The highest BCUT2D eigenvalue weighted by Gasteiger charge is 2.23. The first-order valence-corrected chi connectivity index (χ1v) is 8.44. The standard InChI is InChI=1S/C18H29N3O2.ClH/c1-19-12-18(23)20(2)13-15-8-10-21(11-9-15)14-17(22)16-6-4-3-5-7-16;/h3-7,15,17,19,22H,8-14H2,1-2H3;1H. The Morgan fingerprint density at radius 2 is 1.96 bits per heavy atom. The molecule has 1 aliphatic heterocycles. The lowest BCUT2D eigenvalue weighted by Gasteiger charge is -2.34. The molecule has 2 N–H and O–H groups in total. The van der Waals surface area contributed by atoms with E-state index in [-0.39, 0.29) is 18.3 Å². The van der Waals surface area contributed by atoms with Crippen LogP contribution in [-0.4, -0.2) is 67.6 Å². The lowest BCUT2D eigenvalue weighted by Crippen LogP contribution is -2.42. The average Bonchev–Trinajstić information content (AvgIpc) is 2.57. The second-order valence-corrected chi connectivity index (χ2v) is 6.48. The molecule has 1 fully saturated rings. The summed E-state index contributed by atoms with van der Waals surface area (Å²) < 4.78 is 0. The van der Waals surface area contributed by atoms with Gasteiger partial charge in [0, 0.05) is 20.1 Å². The van der Waals surface area contributed by atoms with E-state index in [4.69, 9.17) is 0 Å². The van der Waals surface area contributed by atoms with Crippen molar-refractivity contribution in [2.75, 3.05) is 46.8 Å². The minimum atomic E-state index is -0.423. The summed E-state index contributed by atoms with van der Waals surface area (Å²) in [5.41, 5.74) is 0.979. The van der Waals surface area contributed by atoms with Crippen molar-refractivity contribution in [3.63, 3.8) is 0 Å². The first-order valence-electron chi connectivity index (χ1n) is 8.44. The molecular formula is C18H30ClN3O2. The Morgan fingerprint density at radius 1 is 1.33 bits per heavy atom. The van der Waals surface area contributed by atoms with Crippen LogP contribution in [0.2, 0.25) is 0 Å². The maximum absolute atomic E-state index is 11.8. The number of aliphatic hydroxyl groups excluding tert-OH is 1. The summed E-state index contributed by atoms with van der Waals surface area (Å²) in [6.45, 7) is 3.89. The highest BCUT2D eigenvalue weighted by molar-refractivity contribution is 5.85. The van der Waals surface area contributed by atoms with Crippen molar-refractivity contribution in [3.05, 3.63) is 35.9 Å². The van der Waals surface area contributed by atoms with Crippen LogP contribution in [0.4, 0.5) is 0 Å². The molecule has 1 unspecified atom stereocenters. The van der Waals surface area contributed by atoms with E-state index in [9.17, 15) is 9.90 Å². The average molecular weight is 356 g/mol. The van der Waals surface area contributed by atoms with Gasteiger partial charge in [-0.3, -0.25) is 4.79 Å². The van der Waals surface area contributed by atoms with Crippen LogP contribution in [0.15, 0.2) is 30.3 Å². The number of nitrogens with zero attached hydrogens (tertiary/aromatic N) is 2. The Kier molecular flexibility index (Phi) is 9.29. The number of piperidine rings is 1. The molecule has 0 aromatic heterocycles. The predicted molar refractivity (Wildman–Crippen MR) is 99.4 cm³/mol. The van der Waals surface area contributed by atoms with Crippen molar-refractivity contribution in [2.24, 2.45) is 5.92 Å². The van der Waals surface area contributed by atoms with E-state index in [0.717, 1.165) is 38.0 Å². The minimum Gasteiger partial charge on any atom is -0.387 e. The third-order valence-corrected chi connectivity index (χ3v) is 4.61. The van der Waals surface area contributed by atoms with Gasteiger partial charge in [0.2, 0.25) is 5.91 Å². The van der Waals surface area contributed by atoms with Crippen molar-refractivity contribution < 1.29 is 9.90 Å². The number of β-amino-alcohol motifs (C(OH)–C–C–N with tert-alkyl or cyclic N) is 1. The van der Waals surface area contributed by atoms with Gasteiger partial charge in [-0.05, 0) is 44.5 Å². The molecule has 1 amide bonds. The van der Waals surface area contributed by atoms with Gasteiger partial charge in [0.05, 0.1) is 12.6 Å². The molecule has 6 heteroatoms. The SMILES string of the molecule is CNCC(=O)N(C)CC1CCN(CC(O)c2ccccc2)CC1.Cl. The summed E-state index contributed by atoms with van der Waals surface area (Å²) in [5, 5.41) is 13.2. The van der Waals surface area contributed by atoms with Crippen LogP contribution in [-0.2, 0) is 4.79 Å². The molecule has 1 heterocycles. The molecule has 24 heavy (non-hydrogen) atoms. The van der Waals surface area contributed by atoms with E-state index >= 15 is 0 Å². The fourth-order valence-electron chi connectivity index (χ4n) is 3.15. The monoisotopic (exact) mass is 355 g/mol. The quantitative estimate of drug-likeness (QED) is 0.779. The smallest absolute Gasteiger partial charge is 0.236 e. The van der Waals surface area contributed by atoms with Crippen molar-refractivity contribution in [2.45, 2.75) is 18.9 Å². The number of likely N-dealkylation sites (N-methyl/N-ethyl adjacent to an activating group) is 2. The molecule has 0 spiro atoms. The third kappa shape index (κ3) is 6.40. The molecule has 0 saturated carbocycles. The van der Waals surface area contributed by atoms with Gasteiger partial charge in [0.15, 0.2) is 0 Å². The van der Waals surface area contributed by atoms with Gasteiger partial charge in [0.25, 0.3) is 0 Å². The Hall–Kier alpha value is -1.14. The van der Waals surface area contributed by atoms with E-state index in [1.807, 2.05) is 42.3 Å². The van der Waals surface area contributed by atoms with Gasteiger partial charge in [0.1, 0.15) is 0 Å². The van der Waals surface area contributed by atoms with Crippen molar-refractivity contribution in [1.82, 2.24) is 15.1 Å². The number of benzene rings is 1. The lowest BCUT2D eigenvalue weighted by molar-refractivity contribution is -0.129.